The van der Waals surface area contributed by atoms with Crippen LogP contribution in [0.5, 0.6) is 0 Å². The molecule has 1 aliphatic heterocycles. The second kappa shape index (κ2) is 10.8. The fraction of sp³-hybridized carbons (Fsp3) is 0.160. The van der Waals surface area contributed by atoms with E-state index in [-0.39, 0.29) is 11.9 Å². The summed E-state index contributed by atoms with van der Waals surface area (Å²) in [6.07, 6.45) is 3.45. The number of furan rings is 1. The van der Waals surface area contributed by atoms with Gasteiger partial charge in [-0.1, -0.05) is 72.7 Å². The van der Waals surface area contributed by atoms with E-state index >= 15 is 0 Å². The van der Waals surface area contributed by atoms with E-state index in [2.05, 4.69) is 0 Å². The SMILES string of the molecule is CCCCOC(=O)c1ccc(-c2ccc(/C=C3\SC(=S)N(c4ccc(Cl)cc4Cl)C3=O)o2)cc1. The number of thioether (sulfide) groups is 1. The normalized spacial score (nSPS) is 14.8. The van der Waals surface area contributed by atoms with E-state index in [4.69, 9.17) is 44.6 Å². The maximum atomic E-state index is 13.0. The average molecular weight is 532 g/mol. The molecule has 1 aromatic heterocycles. The van der Waals surface area contributed by atoms with Crippen molar-refractivity contribution in [2.75, 3.05) is 11.5 Å². The molecule has 1 saturated heterocycles. The summed E-state index contributed by atoms with van der Waals surface area (Å²) in [6.45, 7) is 2.45. The quantitative estimate of drug-likeness (QED) is 0.135. The van der Waals surface area contributed by atoms with Crippen LogP contribution >= 0.6 is 47.2 Å². The summed E-state index contributed by atoms with van der Waals surface area (Å²) in [7, 11) is 0. The lowest BCUT2D eigenvalue weighted by molar-refractivity contribution is -0.113. The molecule has 5 nitrogen and oxygen atoms in total. The summed E-state index contributed by atoms with van der Waals surface area (Å²) >= 11 is 18.8. The van der Waals surface area contributed by atoms with Crippen molar-refractivity contribution in [2.24, 2.45) is 0 Å². The van der Waals surface area contributed by atoms with Crippen LogP contribution in [0.3, 0.4) is 0 Å². The van der Waals surface area contributed by atoms with E-state index in [9.17, 15) is 9.59 Å². The fourth-order valence-corrected chi connectivity index (χ4v) is 4.97. The summed E-state index contributed by atoms with van der Waals surface area (Å²) in [6, 6.07) is 15.4. The number of carbonyl (C=O) groups excluding carboxylic acids is 2. The van der Waals surface area contributed by atoms with E-state index in [0.29, 0.717) is 48.6 Å². The summed E-state index contributed by atoms with van der Waals surface area (Å²) in [4.78, 5) is 26.9. The Balaban J connectivity index is 1.49. The Labute approximate surface area is 216 Å². The predicted octanol–water partition coefficient (Wildman–Crippen LogP) is 7.62. The van der Waals surface area contributed by atoms with Crippen molar-refractivity contribution >= 4 is 75.1 Å². The van der Waals surface area contributed by atoms with Gasteiger partial charge in [0.05, 0.1) is 27.8 Å². The van der Waals surface area contributed by atoms with Crippen molar-refractivity contribution in [3.63, 3.8) is 0 Å². The van der Waals surface area contributed by atoms with Crippen LogP contribution in [-0.4, -0.2) is 22.8 Å². The lowest BCUT2D eigenvalue weighted by atomic mass is 10.1. The number of halogens is 2. The Morgan fingerprint density at radius 3 is 2.62 bits per heavy atom. The summed E-state index contributed by atoms with van der Waals surface area (Å²) in [5, 5.41) is 0.808. The number of hydrogen-bond donors (Lipinski definition) is 0. The van der Waals surface area contributed by atoms with Crippen molar-refractivity contribution in [2.45, 2.75) is 19.8 Å². The Morgan fingerprint density at radius 1 is 1.15 bits per heavy atom. The zero-order chi connectivity index (χ0) is 24.2. The van der Waals surface area contributed by atoms with Gasteiger partial charge in [0.25, 0.3) is 5.91 Å². The van der Waals surface area contributed by atoms with Crippen LogP contribution in [0.1, 0.15) is 35.9 Å². The molecule has 3 aromatic rings. The largest absolute Gasteiger partial charge is 0.462 e. The first-order valence-corrected chi connectivity index (χ1v) is 12.5. The number of hydrogen-bond acceptors (Lipinski definition) is 6. The molecule has 1 aliphatic rings. The van der Waals surface area contributed by atoms with Gasteiger partial charge < -0.3 is 9.15 Å². The van der Waals surface area contributed by atoms with Gasteiger partial charge >= 0.3 is 5.97 Å². The van der Waals surface area contributed by atoms with E-state index in [1.807, 2.05) is 6.92 Å². The van der Waals surface area contributed by atoms with Crippen LogP contribution in [0.2, 0.25) is 10.0 Å². The predicted molar refractivity (Wildman–Crippen MR) is 141 cm³/mol. The molecule has 0 bridgehead atoms. The molecule has 0 radical (unpaired) electrons. The monoisotopic (exact) mass is 531 g/mol. The second-order valence-corrected chi connectivity index (χ2v) is 9.90. The van der Waals surface area contributed by atoms with Crippen LogP contribution in [0.15, 0.2) is 63.9 Å². The zero-order valence-electron chi connectivity index (χ0n) is 18.0. The maximum Gasteiger partial charge on any atom is 0.338 e. The third-order valence-corrected chi connectivity index (χ3v) is 6.82. The topological polar surface area (TPSA) is 59.8 Å². The van der Waals surface area contributed by atoms with Crippen LogP contribution in [0.4, 0.5) is 5.69 Å². The standard InChI is InChI=1S/C25H19Cl2NO4S2/c1-2-3-12-31-24(30)16-6-4-15(5-7-16)21-11-9-18(32-21)14-22-23(29)28(25(33)34-22)20-10-8-17(26)13-19(20)27/h4-11,13-14H,2-3,12H2,1H3/b22-14-. The minimum atomic E-state index is -0.344. The number of anilines is 1. The van der Waals surface area contributed by atoms with Crippen molar-refractivity contribution in [3.8, 4) is 11.3 Å². The van der Waals surface area contributed by atoms with Crippen LogP contribution in [0.25, 0.3) is 17.4 Å². The van der Waals surface area contributed by atoms with Gasteiger partial charge in [0.1, 0.15) is 11.5 Å². The summed E-state index contributed by atoms with van der Waals surface area (Å²) < 4.78 is 11.5. The lowest BCUT2D eigenvalue weighted by Gasteiger charge is -2.16. The highest BCUT2D eigenvalue weighted by Crippen LogP contribution is 2.40. The molecule has 0 spiro atoms. The molecule has 1 fully saturated rings. The van der Waals surface area contributed by atoms with Gasteiger partial charge in [0.15, 0.2) is 4.32 Å². The molecule has 4 rings (SSSR count). The van der Waals surface area contributed by atoms with Crippen molar-refractivity contribution in [1.82, 2.24) is 0 Å². The van der Waals surface area contributed by atoms with Gasteiger partial charge in [-0.2, -0.15) is 0 Å². The smallest absolute Gasteiger partial charge is 0.338 e. The Hall–Kier alpha value is -2.58. The third-order valence-electron chi connectivity index (χ3n) is 4.98. The fourth-order valence-electron chi connectivity index (χ4n) is 3.22. The molecular formula is C25H19Cl2NO4S2. The van der Waals surface area contributed by atoms with Crippen molar-refractivity contribution in [3.05, 3.63) is 80.9 Å². The van der Waals surface area contributed by atoms with E-state index in [1.54, 1.807) is 60.7 Å². The summed E-state index contributed by atoms with van der Waals surface area (Å²) in [5.41, 5.74) is 1.76. The number of rotatable bonds is 7. The van der Waals surface area contributed by atoms with E-state index < -0.39 is 0 Å². The molecule has 0 atom stereocenters. The number of nitrogens with zero attached hydrogens (tertiary/aromatic N) is 1. The zero-order valence-corrected chi connectivity index (χ0v) is 21.2. The number of unbranched alkanes of at least 4 members (excludes halogenated alkanes) is 1. The maximum absolute atomic E-state index is 13.0. The molecule has 2 aromatic carbocycles. The van der Waals surface area contributed by atoms with Gasteiger partial charge in [-0.3, -0.25) is 9.69 Å². The third kappa shape index (κ3) is 5.39. The molecule has 0 saturated carbocycles. The Morgan fingerprint density at radius 2 is 1.91 bits per heavy atom. The number of carbonyl (C=O) groups is 2. The highest BCUT2D eigenvalue weighted by Gasteiger charge is 2.34. The highest BCUT2D eigenvalue weighted by molar-refractivity contribution is 8.27. The molecule has 0 N–H and O–H groups in total. The van der Waals surface area contributed by atoms with Gasteiger partial charge in [-0.05, 0) is 48.9 Å². The van der Waals surface area contributed by atoms with Crippen LogP contribution in [0, 0.1) is 0 Å². The molecule has 0 aliphatic carbocycles. The molecular weight excluding hydrogens is 513 g/mol. The van der Waals surface area contributed by atoms with E-state index in [1.165, 1.54) is 16.7 Å². The van der Waals surface area contributed by atoms with Crippen molar-refractivity contribution < 1.29 is 18.7 Å². The number of benzene rings is 2. The molecule has 34 heavy (non-hydrogen) atoms. The van der Waals surface area contributed by atoms with Gasteiger partial charge in [0.2, 0.25) is 0 Å². The average Bonchev–Trinajstić information content (AvgIpc) is 3.39. The second-order valence-electron chi connectivity index (χ2n) is 7.38. The summed E-state index contributed by atoms with van der Waals surface area (Å²) in [5.74, 6) is 0.472. The minimum absolute atomic E-state index is 0.289. The van der Waals surface area contributed by atoms with Crippen molar-refractivity contribution in [1.29, 1.82) is 0 Å². The van der Waals surface area contributed by atoms with Gasteiger partial charge in [-0.15, -0.1) is 0 Å². The minimum Gasteiger partial charge on any atom is -0.462 e. The highest BCUT2D eigenvalue weighted by atomic mass is 35.5. The first-order chi connectivity index (χ1) is 16.4. The first-order valence-electron chi connectivity index (χ1n) is 10.5. The van der Waals surface area contributed by atoms with Gasteiger partial charge in [-0.25, -0.2) is 4.79 Å². The molecule has 1 amide bonds. The van der Waals surface area contributed by atoms with Gasteiger partial charge in [0, 0.05) is 16.7 Å². The number of ether oxygens (including phenoxy) is 1. The lowest BCUT2D eigenvalue weighted by Crippen LogP contribution is -2.27. The number of thiocarbonyl (C=S) groups is 1. The Kier molecular flexibility index (Phi) is 7.78. The number of amides is 1. The molecule has 174 valence electrons. The molecule has 0 unspecified atom stereocenters. The van der Waals surface area contributed by atoms with Crippen LogP contribution in [-0.2, 0) is 9.53 Å². The molecule has 2 heterocycles. The van der Waals surface area contributed by atoms with Crippen LogP contribution < -0.4 is 4.90 Å². The van der Waals surface area contributed by atoms with E-state index in [0.717, 1.165) is 18.4 Å². The number of esters is 1. The molecule has 9 heteroatoms. The first kappa shape index (κ1) is 24.5. The Bertz CT molecular complexity index is 1280.